The average Bonchev–Trinajstić information content (AvgIpc) is 2.45. The molecular weight excluding hydrogens is 272 g/mol. The van der Waals surface area contributed by atoms with Gasteiger partial charge in [0.2, 0.25) is 5.91 Å². The number of nitrogens with two attached hydrogens (primary N) is 1. The second kappa shape index (κ2) is 8.28. The van der Waals surface area contributed by atoms with Gasteiger partial charge in [0.25, 0.3) is 0 Å². The number of hydrogen-bond acceptors (Lipinski definition) is 2. The number of amides is 1. The van der Waals surface area contributed by atoms with Crippen LogP contribution in [-0.2, 0) is 4.79 Å². The van der Waals surface area contributed by atoms with Crippen molar-refractivity contribution in [1.82, 2.24) is 4.90 Å². The van der Waals surface area contributed by atoms with Crippen LogP contribution < -0.4 is 5.73 Å². The molecule has 0 aromatic heterocycles. The summed E-state index contributed by atoms with van der Waals surface area (Å²) in [6, 6.07) is 10.5. The molecule has 0 saturated carbocycles. The van der Waals surface area contributed by atoms with Crippen molar-refractivity contribution in [3.8, 4) is 0 Å². The van der Waals surface area contributed by atoms with Crippen LogP contribution >= 0.6 is 12.4 Å². The Hall–Kier alpha value is -1.06. The van der Waals surface area contributed by atoms with Crippen LogP contribution in [0.15, 0.2) is 30.3 Å². The van der Waals surface area contributed by atoms with Crippen molar-refractivity contribution in [3.63, 3.8) is 0 Å². The Morgan fingerprint density at radius 1 is 1.40 bits per heavy atom. The maximum atomic E-state index is 12.4. The largest absolute Gasteiger partial charge is 0.341 e. The molecule has 2 unspecified atom stereocenters. The van der Waals surface area contributed by atoms with Gasteiger partial charge in [-0.2, -0.15) is 0 Å². The number of likely N-dealkylation sites (tertiary alicyclic amines) is 1. The van der Waals surface area contributed by atoms with Gasteiger partial charge in [0.1, 0.15) is 0 Å². The molecular formula is C16H25ClN2O. The Kier molecular flexibility index (Phi) is 7.03. The number of hydrogen-bond donors (Lipinski definition) is 1. The number of nitrogens with zero attached hydrogens (tertiary/aromatic N) is 1. The highest BCUT2D eigenvalue weighted by molar-refractivity contribution is 5.85. The van der Waals surface area contributed by atoms with Crippen molar-refractivity contribution >= 4 is 18.3 Å². The number of benzene rings is 1. The van der Waals surface area contributed by atoms with Crippen LogP contribution in [0.25, 0.3) is 0 Å². The predicted octanol–water partition coefficient (Wildman–Crippen LogP) is 2.94. The quantitative estimate of drug-likeness (QED) is 0.928. The number of rotatable bonds is 4. The van der Waals surface area contributed by atoms with Gasteiger partial charge in [-0.25, -0.2) is 0 Å². The molecule has 1 amide bonds. The molecule has 1 aromatic rings. The lowest BCUT2D eigenvalue weighted by molar-refractivity contribution is -0.132. The lowest BCUT2D eigenvalue weighted by Crippen LogP contribution is -2.46. The highest BCUT2D eigenvalue weighted by Gasteiger charge is 2.23. The average molecular weight is 297 g/mol. The van der Waals surface area contributed by atoms with Gasteiger partial charge in [0.05, 0.1) is 0 Å². The fraction of sp³-hybridized carbons (Fsp3) is 0.562. The first-order valence-electron chi connectivity index (χ1n) is 7.29. The lowest BCUT2D eigenvalue weighted by atomic mass is 9.92. The molecule has 0 spiro atoms. The van der Waals surface area contributed by atoms with Crippen LogP contribution in [-0.4, -0.2) is 29.9 Å². The van der Waals surface area contributed by atoms with Crippen LogP contribution in [0.2, 0.25) is 0 Å². The monoisotopic (exact) mass is 296 g/mol. The molecule has 1 aromatic carbocycles. The molecule has 0 radical (unpaired) electrons. The zero-order valence-corrected chi connectivity index (χ0v) is 12.9. The third-order valence-electron chi connectivity index (χ3n) is 4.00. The number of piperidine rings is 1. The second-order valence-corrected chi connectivity index (χ2v) is 5.46. The van der Waals surface area contributed by atoms with E-state index in [1.54, 1.807) is 0 Å². The van der Waals surface area contributed by atoms with E-state index < -0.39 is 0 Å². The number of carbonyl (C=O) groups excluding carboxylic acids is 1. The van der Waals surface area contributed by atoms with Crippen molar-refractivity contribution in [1.29, 1.82) is 0 Å². The molecule has 2 atom stereocenters. The van der Waals surface area contributed by atoms with Crippen LogP contribution in [0.3, 0.4) is 0 Å². The molecule has 2 rings (SSSR count). The Balaban J connectivity index is 0.00000200. The van der Waals surface area contributed by atoms with E-state index in [0.717, 1.165) is 32.4 Å². The normalized spacial score (nSPS) is 20.1. The van der Waals surface area contributed by atoms with E-state index in [-0.39, 0.29) is 24.4 Å². The molecule has 1 fully saturated rings. The minimum Gasteiger partial charge on any atom is -0.341 e. The zero-order chi connectivity index (χ0) is 13.7. The van der Waals surface area contributed by atoms with Crippen LogP contribution in [0.1, 0.15) is 44.1 Å². The van der Waals surface area contributed by atoms with Gasteiger partial charge in [-0.3, -0.25) is 4.79 Å². The van der Waals surface area contributed by atoms with Gasteiger partial charge < -0.3 is 10.6 Å². The Labute approximate surface area is 127 Å². The molecule has 1 aliphatic heterocycles. The van der Waals surface area contributed by atoms with Crippen molar-refractivity contribution < 1.29 is 4.79 Å². The first-order valence-corrected chi connectivity index (χ1v) is 7.29. The fourth-order valence-corrected chi connectivity index (χ4v) is 2.80. The van der Waals surface area contributed by atoms with Crippen LogP contribution in [0.5, 0.6) is 0 Å². The summed E-state index contributed by atoms with van der Waals surface area (Å²) >= 11 is 0. The summed E-state index contributed by atoms with van der Waals surface area (Å²) < 4.78 is 0. The third kappa shape index (κ3) is 4.50. The summed E-state index contributed by atoms with van der Waals surface area (Å²) in [6.45, 7) is 3.74. The fourth-order valence-electron chi connectivity index (χ4n) is 2.80. The van der Waals surface area contributed by atoms with Crippen molar-refractivity contribution in [2.24, 2.45) is 5.73 Å². The first kappa shape index (κ1) is 17.0. The summed E-state index contributed by atoms with van der Waals surface area (Å²) in [4.78, 5) is 14.3. The molecule has 0 bridgehead atoms. The Morgan fingerprint density at radius 3 is 2.70 bits per heavy atom. The standard InChI is InChI=1S/C16H24N2O.ClH/c1-2-13(14-7-4-3-5-8-14)11-16(19)18-10-6-9-15(17)12-18;/h3-5,7-8,13,15H,2,6,9-12,17H2,1H3;1H. The maximum Gasteiger partial charge on any atom is 0.223 e. The SMILES string of the molecule is CCC(CC(=O)N1CCCC(N)C1)c1ccccc1.Cl. The van der Waals surface area contributed by atoms with Crippen molar-refractivity contribution in [2.45, 2.75) is 44.6 Å². The molecule has 112 valence electrons. The Morgan fingerprint density at radius 2 is 2.10 bits per heavy atom. The summed E-state index contributed by atoms with van der Waals surface area (Å²) in [5, 5.41) is 0. The molecule has 3 nitrogen and oxygen atoms in total. The molecule has 20 heavy (non-hydrogen) atoms. The molecule has 0 aliphatic carbocycles. The van der Waals surface area contributed by atoms with Crippen LogP contribution in [0.4, 0.5) is 0 Å². The molecule has 1 aliphatic rings. The smallest absolute Gasteiger partial charge is 0.223 e. The van der Waals surface area contributed by atoms with E-state index in [9.17, 15) is 4.79 Å². The second-order valence-electron chi connectivity index (χ2n) is 5.46. The van der Waals surface area contributed by atoms with E-state index >= 15 is 0 Å². The van der Waals surface area contributed by atoms with Crippen molar-refractivity contribution in [3.05, 3.63) is 35.9 Å². The van der Waals surface area contributed by atoms with E-state index in [1.807, 2.05) is 23.1 Å². The maximum absolute atomic E-state index is 12.4. The van der Waals surface area contributed by atoms with Crippen LogP contribution in [0, 0.1) is 0 Å². The molecule has 4 heteroatoms. The summed E-state index contributed by atoms with van der Waals surface area (Å²) in [6.07, 6.45) is 3.68. The minimum absolute atomic E-state index is 0. The van der Waals surface area contributed by atoms with E-state index in [2.05, 4.69) is 19.1 Å². The van der Waals surface area contributed by atoms with Gasteiger partial charge in [-0.1, -0.05) is 37.3 Å². The Bertz CT molecular complexity index is 410. The summed E-state index contributed by atoms with van der Waals surface area (Å²) in [7, 11) is 0. The lowest BCUT2D eigenvalue weighted by Gasteiger charge is -2.32. The summed E-state index contributed by atoms with van der Waals surface area (Å²) in [5.74, 6) is 0.581. The van der Waals surface area contributed by atoms with E-state index in [0.29, 0.717) is 12.3 Å². The van der Waals surface area contributed by atoms with Gasteiger partial charge in [0, 0.05) is 25.6 Å². The van der Waals surface area contributed by atoms with E-state index in [4.69, 9.17) is 5.73 Å². The van der Waals surface area contributed by atoms with Gasteiger partial charge in [0.15, 0.2) is 0 Å². The highest BCUT2D eigenvalue weighted by Crippen LogP contribution is 2.24. The highest BCUT2D eigenvalue weighted by atomic mass is 35.5. The molecule has 1 saturated heterocycles. The minimum atomic E-state index is 0. The topological polar surface area (TPSA) is 46.3 Å². The number of halogens is 1. The van der Waals surface area contributed by atoms with Gasteiger partial charge >= 0.3 is 0 Å². The number of carbonyl (C=O) groups is 1. The zero-order valence-electron chi connectivity index (χ0n) is 12.1. The van der Waals surface area contributed by atoms with Crippen molar-refractivity contribution in [2.75, 3.05) is 13.1 Å². The third-order valence-corrected chi connectivity index (χ3v) is 4.00. The van der Waals surface area contributed by atoms with E-state index in [1.165, 1.54) is 5.56 Å². The summed E-state index contributed by atoms with van der Waals surface area (Å²) in [5.41, 5.74) is 7.21. The van der Waals surface area contributed by atoms with Gasteiger partial charge in [-0.05, 0) is 30.7 Å². The van der Waals surface area contributed by atoms with Gasteiger partial charge in [-0.15, -0.1) is 12.4 Å². The predicted molar refractivity (Wildman–Crippen MR) is 85.1 cm³/mol. The molecule has 2 N–H and O–H groups in total. The molecule has 1 heterocycles. The first-order chi connectivity index (χ1) is 9.20.